The summed E-state index contributed by atoms with van der Waals surface area (Å²) in [5.74, 6) is 0. The quantitative estimate of drug-likeness (QED) is 0.282. The van der Waals surface area contributed by atoms with E-state index in [1.165, 1.54) is 10.8 Å². The van der Waals surface area contributed by atoms with Crippen molar-refractivity contribution in [2.75, 3.05) is 6.61 Å². The predicted octanol–water partition coefficient (Wildman–Crippen LogP) is 3.20. The minimum absolute atomic E-state index is 0.0514. The van der Waals surface area contributed by atoms with Gasteiger partial charge in [0.1, 0.15) is 18.0 Å². The molecule has 0 aliphatic carbocycles. The Balaban J connectivity index is 1.75. The Kier molecular flexibility index (Phi) is 7.34. The molecule has 0 radical (unpaired) electrons. The highest BCUT2D eigenvalue weighted by molar-refractivity contribution is 9.11. The minimum Gasteiger partial charge on any atom is -0.390 e. The van der Waals surface area contributed by atoms with Gasteiger partial charge in [0.15, 0.2) is 0 Å². The molecule has 0 spiro atoms. The SMILES string of the molecule is Cc1c(Br)c(C)c(Br)c(-n2cc(-c3cn([C@H]4CC(O)C(COS)O4)c(=O)[nH]c3=O)nn2)c1Br. The van der Waals surface area contributed by atoms with Crippen LogP contribution in [0.15, 0.2) is 35.4 Å². The number of halogens is 3. The van der Waals surface area contributed by atoms with Gasteiger partial charge in [-0.25, -0.2) is 9.48 Å². The number of aliphatic hydroxyl groups is 1. The first-order chi connectivity index (χ1) is 15.6. The molecular weight excluding hydrogens is 650 g/mol. The Morgan fingerprint density at radius 3 is 2.52 bits per heavy atom. The number of H-pyrrole nitrogens is 1. The first-order valence-corrected chi connectivity index (χ1v) is 12.4. The van der Waals surface area contributed by atoms with Crippen molar-refractivity contribution in [1.82, 2.24) is 24.5 Å². The van der Waals surface area contributed by atoms with Gasteiger partial charge in [-0.3, -0.25) is 14.3 Å². The van der Waals surface area contributed by atoms with E-state index in [4.69, 9.17) is 8.92 Å². The lowest BCUT2D eigenvalue weighted by Gasteiger charge is -2.15. The molecule has 14 heteroatoms. The largest absolute Gasteiger partial charge is 0.390 e. The third-order valence-corrected chi connectivity index (χ3v) is 8.73. The lowest BCUT2D eigenvalue weighted by Crippen LogP contribution is -2.33. The van der Waals surface area contributed by atoms with Gasteiger partial charge < -0.3 is 14.0 Å². The number of nitrogens with zero attached hydrogens (tertiary/aromatic N) is 4. The summed E-state index contributed by atoms with van der Waals surface area (Å²) in [5.41, 5.74) is 1.79. The number of aromatic amines is 1. The summed E-state index contributed by atoms with van der Waals surface area (Å²) in [6, 6.07) is 0. The fourth-order valence-corrected chi connectivity index (χ4v) is 6.11. The summed E-state index contributed by atoms with van der Waals surface area (Å²) in [7, 11) is 0. The van der Waals surface area contributed by atoms with Gasteiger partial charge in [-0.05, 0) is 69.7 Å². The Labute approximate surface area is 218 Å². The summed E-state index contributed by atoms with van der Waals surface area (Å²) in [5, 5.41) is 18.5. The maximum Gasteiger partial charge on any atom is 0.330 e. The summed E-state index contributed by atoms with van der Waals surface area (Å²) in [6.07, 6.45) is 0.833. The van der Waals surface area contributed by atoms with Crippen LogP contribution in [-0.2, 0) is 8.92 Å². The van der Waals surface area contributed by atoms with Crippen LogP contribution < -0.4 is 11.2 Å². The zero-order valence-corrected chi connectivity index (χ0v) is 22.9. The highest BCUT2D eigenvalue weighted by atomic mass is 79.9. The lowest BCUT2D eigenvalue weighted by molar-refractivity contribution is -0.0375. The van der Waals surface area contributed by atoms with E-state index in [2.05, 4.69) is 76.0 Å². The number of benzene rings is 1. The molecule has 1 fully saturated rings. The van der Waals surface area contributed by atoms with Gasteiger partial charge in [-0.2, -0.15) is 0 Å². The Morgan fingerprint density at radius 1 is 1.21 bits per heavy atom. The maximum absolute atomic E-state index is 12.6. The average molecular weight is 668 g/mol. The fourth-order valence-electron chi connectivity index (χ4n) is 3.61. The van der Waals surface area contributed by atoms with Gasteiger partial charge in [0.05, 0.1) is 30.2 Å². The van der Waals surface area contributed by atoms with E-state index in [1.807, 2.05) is 13.8 Å². The molecule has 0 saturated carbocycles. The summed E-state index contributed by atoms with van der Waals surface area (Å²) >= 11 is 14.5. The van der Waals surface area contributed by atoms with Crippen LogP contribution in [0.4, 0.5) is 0 Å². The van der Waals surface area contributed by atoms with Crippen LogP contribution in [-0.4, -0.2) is 48.5 Å². The molecule has 1 aliphatic rings. The number of hydrogen-bond acceptors (Lipinski definition) is 8. The molecule has 3 heterocycles. The molecule has 1 aliphatic heterocycles. The van der Waals surface area contributed by atoms with Crippen molar-refractivity contribution in [3.63, 3.8) is 0 Å². The fraction of sp³-hybridized carbons (Fsp3) is 0.368. The molecule has 2 N–H and O–H groups in total. The number of hydrogen-bond donors (Lipinski definition) is 3. The molecule has 33 heavy (non-hydrogen) atoms. The zero-order valence-electron chi connectivity index (χ0n) is 17.3. The number of nitrogens with one attached hydrogen (secondary N) is 1. The second kappa shape index (κ2) is 9.76. The van der Waals surface area contributed by atoms with Crippen LogP contribution in [0.1, 0.15) is 23.8 Å². The van der Waals surface area contributed by atoms with E-state index in [0.717, 1.165) is 24.5 Å². The van der Waals surface area contributed by atoms with Crippen LogP contribution >= 0.6 is 60.7 Å². The molecule has 176 valence electrons. The zero-order chi connectivity index (χ0) is 24.0. The number of aliphatic hydroxyl groups excluding tert-OH is 1. The molecule has 10 nitrogen and oxygen atoms in total. The van der Waals surface area contributed by atoms with Crippen LogP contribution in [0.2, 0.25) is 0 Å². The van der Waals surface area contributed by atoms with Gasteiger partial charge in [0.25, 0.3) is 5.56 Å². The summed E-state index contributed by atoms with van der Waals surface area (Å²) < 4.78 is 15.8. The molecule has 2 unspecified atom stereocenters. The van der Waals surface area contributed by atoms with Crippen molar-refractivity contribution in [2.45, 2.75) is 38.7 Å². The molecule has 3 atom stereocenters. The van der Waals surface area contributed by atoms with Crippen LogP contribution in [0.25, 0.3) is 16.9 Å². The predicted molar refractivity (Wildman–Crippen MR) is 134 cm³/mol. The van der Waals surface area contributed by atoms with E-state index in [9.17, 15) is 14.7 Å². The van der Waals surface area contributed by atoms with Crippen molar-refractivity contribution in [1.29, 1.82) is 0 Å². The van der Waals surface area contributed by atoms with Crippen molar-refractivity contribution in [3.8, 4) is 16.9 Å². The first-order valence-electron chi connectivity index (χ1n) is 9.66. The monoisotopic (exact) mass is 665 g/mol. The lowest BCUT2D eigenvalue weighted by atomic mass is 10.1. The minimum atomic E-state index is -0.844. The van der Waals surface area contributed by atoms with Crippen LogP contribution in [0.5, 0.6) is 0 Å². The van der Waals surface area contributed by atoms with Crippen LogP contribution in [0, 0.1) is 13.8 Å². The van der Waals surface area contributed by atoms with Crippen LogP contribution in [0.3, 0.4) is 0 Å². The van der Waals surface area contributed by atoms with E-state index in [0.29, 0.717) is 5.69 Å². The average Bonchev–Trinajstić information content (AvgIpc) is 3.39. The van der Waals surface area contributed by atoms with Gasteiger partial charge in [0.2, 0.25) is 0 Å². The summed E-state index contributed by atoms with van der Waals surface area (Å²) in [6.45, 7) is 3.96. The third-order valence-electron chi connectivity index (χ3n) is 5.45. The van der Waals surface area contributed by atoms with E-state index >= 15 is 0 Å². The standard InChI is InChI=1S/C19H18Br3N5O5S/c1-7-14(20)8(2)16(22)17(15(7)21)27-5-10(24-25-27)9-4-26(19(30)23-18(9)29)13-3-11(28)12(32-13)6-31-33/h4-5,11-13,28,33H,3,6H2,1-2H3,(H,23,29,30)/t11?,12?,13-/m1/s1. The highest BCUT2D eigenvalue weighted by Gasteiger charge is 2.36. The molecule has 0 amide bonds. The second-order valence-electron chi connectivity index (χ2n) is 7.53. The molecule has 4 rings (SSSR count). The van der Waals surface area contributed by atoms with E-state index in [1.54, 1.807) is 10.9 Å². The Morgan fingerprint density at radius 2 is 1.88 bits per heavy atom. The first kappa shape index (κ1) is 24.8. The smallest absolute Gasteiger partial charge is 0.330 e. The second-order valence-corrected chi connectivity index (χ2v) is 10.2. The summed E-state index contributed by atoms with van der Waals surface area (Å²) in [4.78, 5) is 27.3. The maximum atomic E-state index is 12.6. The number of rotatable bonds is 5. The van der Waals surface area contributed by atoms with E-state index < -0.39 is 29.7 Å². The molecule has 1 saturated heterocycles. The Bertz CT molecular complexity index is 1310. The molecule has 2 aromatic heterocycles. The van der Waals surface area contributed by atoms with Crippen molar-refractivity contribution in [3.05, 3.63) is 57.8 Å². The molecule has 1 aromatic carbocycles. The third kappa shape index (κ3) is 4.54. The van der Waals surface area contributed by atoms with Crippen molar-refractivity contribution < 1.29 is 14.0 Å². The molecular formula is C19H18Br3N5O5S. The van der Waals surface area contributed by atoms with Gasteiger partial charge in [-0.1, -0.05) is 21.1 Å². The number of aromatic nitrogens is 5. The highest BCUT2D eigenvalue weighted by Crippen LogP contribution is 2.40. The number of ether oxygens (including phenoxy) is 1. The Hall–Kier alpha value is -1.29. The van der Waals surface area contributed by atoms with Gasteiger partial charge in [-0.15, -0.1) is 5.10 Å². The normalized spacial score (nSPS) is 20.5. The van der Waals surface area contributed by atoms with E-state index in [-0.39, 0.29) is 24.3 Å². The van der Waals surface area contributed by atoms with Gasteiger partial charge >= 0.3 is 5.69 Å². The van der Waals surface area contributed by atoms with Gasteiger partial charge in [0, 0.05) is 26.0 Å². The molecule has 0 bridgehead atoms. The number of thiol groups is 1. The molecule has 3 aromatic rings. The topological polar surface area (TPSA) is 124 Å². The van der Waals surface area contributed by atoms with Crippen molar-refractivity contribution >= 4 is 60.7 Å². The van der Waals surface area contributed by atoms with Crippen molar-refractivity contribution in [2.24, 2.45) is 0 Å².